The smallest absolute Gasteiger partial charge is 0.128 e. The quantitative estimate of drug-likeness (QED) is 0.842. The van der Waals surface area contributed by atoms with Gasteiger partial charge in [-0.05, 0) is 18.6 Å². The standard InChI is InChI=1S/C13H22N4/c1-2-12(11-14)16-7-9-17(10-8-16)13-5-3-4-6-15-13/h3-6,12H,2,7-11,14H2,1H3. The Labute approximate surface area is 103 Å². The molecule has 0 spiro atoms. The fraction of sp³-hybridized carbons (Fsp3) is 0.615. The van der Waals surface area contributed by atoms with Crippen molar-refractivity contribution in [3.63, 3.8) is 0 Å². The summed E-state index contributed by atoms with van der Waals surface area (Å²) in [6.45, 7) is 7.25. The van der Waals surface area contributed by atoms with Crippen molar-refractivity contribution < 1.29 is 0 Å². The summed E-state index contributed by atoms with van der Waals surface area (Å²) in [6, 6.07) is 6.63. The Bertz CT molecular complexity index is 315. The molecule has 4 heteroatoms. The first-order valence-electron chi connectivity index (χ1n) is 6.45. The molecule has 0 saturated carbocycles. The minimum absolute atomic E-state index is 0.542. The molecule has 1 aliphatic rings. The summed E-state index contributed by atoms with van der Waals surface area (Å²) in [4.78, 5) is 9.24. The lowest BCUT2D eigenvalue weighted by atomic mass is 10.1. The molecule has 0 radical (unpaired) electrons. The summed E-state index contributed by atoms with van der Waals surface area (Å²) >= 11 is 0. The van der Waals surface area contributed by atoms with Gasteiger partial charge in [0.05, 0.1) is 0 Å². The van der Waals surface area contributed by atoms with Crippen molar-refractivity contribution in [1.29, 1.82) is 0 Å². The monoisotopic (exact) mass is 234 g/mol. The van der Waals surface area contributed by atoms with Crippen molar-refractivity contribution in [3.05, 3.63) is 24.4 Å². The average Bonchev–Trinajstić information content (AvgIpc) is 2.42. The predicted molar refractivity (Wildman–Crippen MR) is 71.2 cm³/mol. The summed E-state index contributed by atoms with van der Waals surface area (Å²) in [6.07, 6.45) is 3.00. The van der Waals surface area contributed by atoms with Gasteiger partial charge in [-0.25, -0.2) is 4.98 Å². The lowest BCUT2D eigenvalue weighted by Gasteiger charge is -2.39. The van der Waals surface area contributed by atoms with E-state index in [2.05, 4.69) is 27.8 Å². The Hall–Kier alpha value is -1.13. The van der Waals surface area contributed by atoms with Gasteiger partial charge in [-0.2, -0.15) is 0 Å². The maximum atomic E-state index is 5.79. The lowest BCUT2D eigenvalue weighted by molar-refractivity contribution is 0.184. The second-order valence-electron chi connectivity index (χ2n) is 4.51. The maximum Gasteiger partial charge on any atom is 0.128 e. The van der Waals surface area contributed by atoms with Crippen LogP contribution in [0.15, 0.2) is 24.4 Å². The number of nitrogens with zero attached hydrogens (tertiary/aromatic N) is 3. The molecular weight excluding hydrogens is 212 g/mol. The summed E-state index contributed by atoms with van der Waals surface area (Å²) in [7, 11) is 0. The van der Waals surface area contributed by atoms with Crippen molar-refractivity contribution >= 4 is 5.82 Å². The lowest BCUT2D eigenvalue weighted by Crippen LogP contribution is -2.52. The van der Waals surface area contributed by atoms with E-state index in [1.165, 1.54) is 0 Å². The van der Waals surface area contributed by atoms with Gasteiger partial charge in [-0.1, -0.05) is 13.0 Å². The highest BCUT2D eigenvalue weighted by Gasteiger charge is 2.22. The number of anilines is 1. The topological polar surface area (TPSA) is 45.4 Å². The molecule has 1 aliphatic heterocycles. The highest BCUT2D eigenvalue weighted by Crippen LogP contribution is 2.14. The fourth-order valence-electron chi connectivity index (χ4n) is 2.43. The second-order valence-corrected chi connectivity index (χ2v) is 4.51. The number of hydrogen-bond donors (Lipinski definition) is 1. The highest BCUT2D eigenvalue weighted by atomic mass is 15.3. The van der Waals surface area contributed by atoms with Gasteiger partial charge in [0.25, 0.3) is 0 Å². The van der Waals surface area contributed by atoms with Crippen LogP contribution in [-0.2, 0) is 0 Å². The largest absolute Gasteiger partial charge is 0.354 e. The fourth-order valence-corrected chi connectivity index (χ4v) is 2.43. The molecule has 1 aromatic heterocycles. The molecule has 0 aromatic carbocycles. The zero-order valence-electron chi connectivity index (χ0n) is 10.5. The van der Waals surface area contributed by atoms with Gasteiger partial charge < -0.3 is 10.6 Å². The zero-order valence-corrected chi connectivity index (χ0v) is 10.5. The van der Waals surface area contributed by atoms with E-state index in [1.807, 2.05) is 18.3 Å². The van der Waals surface area contributed by atoms with Gasteiger partial charge in [0, 0.05) is 45.0 Å². The highest BCUT2D eigenvalue weighted by molar-refractivity contribution is 5.38. The Morgan fingerprint density at radius 2 is 2.06 bits per heavy atom. The molecule has 2 heterocycles. The molecule has 1 atom stereocenters. The van der Waals surface area contributed by atoms with E-state index in [4.69, 9.17) is 5.73 Å². The van der Waals surface area contributed by atoms with E-state index >= 15 is 0 Å². The van der Waals surface area contributed by atoms with Crippen LogP contribution in [-0.4, -0.2) is 48.6 Å². The normalized spacial score (nSPS) is 19.3. The first kappa shape index (κ1) is 12.3. The van der Waals surface area contributed by atoms with E-state index in [-0.39, 0.29) is 0 Å². The van der Waals surface area contributed by atoms with Crippen LogP contribution >= 0.6 is 0 Å². The summed E-state index contributed by atoms with van der Waals surface area (Å²) < 4.78 is 0. The number of piperazine rings is 1. The predicted octanol–water partition coefficient (Wildman–Crippen LogP) is 0.941. The first-order chi connectivity index (χ1) is 8.35. The average molecular weight is 234 g/mol. The molecule has 0 bridgehead atoms. The minimum atomic E-state index is 0.542. The van der Waals surface area contributed by atoms with Crippen molar-refractivity contribution in [2.45, 2.75) is 19.4 Å². The molecule has 0 aliphatic carbocycles. The third-order valence-corrected chi connectivity index (χ3v) is 3.55. The van der Waals surface area contributed by atoms with Gasteiger partial charge in [-0.15, -0.1) is 0 Å². The van der Waals surface area contributed by atoms with Crippen molar-refractivity contribution in [2.24, 2.45) is 5.73 Å². The van der Waals surface area contributed by atoms with Crippen LogP contribution in [0.3, 0.4) is 0 Å². The van der Waals surface area contributed by atoms with Crippen LogP contribution in [0.5, 0.6) is 0 Å². The maximum absolute atomic E-state index is 5.79. The summed E-state index contributed by atoms with van der Waals surface area (Å²) in [5.41, 5.74) is 5.79. The molecule has 2 rings (SSSR count). The van der Waals surface area contributed by atoms with Crippen LogP contribution in [0.1, 0.15) is 13.3 Å². The second kappa shape index (κ2) is 5.98. The van der Waals surface area contributed by atoms with Crippen molar-refractivity contribution in [1.82, 2.24) is 9.88 Å². The number of aromatic nitrogens is 1. The van der Waals surface area contributed by atoms with Gasteiger partial charge in [0.2, 0.25) is 0 Å². The molecule has 1 saturated heterocycles. The molecule has 1 fully saturated rings. The van der Waals surface area contributed by atoms with E-state index in [0.29, 0.717) is 6.04 Å². The Morgan fingerprint density at radius 1 is 1.29 bits per heavy atom. The van der Waals surface area contributed by atoms with Crippen LogP contribution in [0.25, 0.3) is 0 Å². The van der Waals surface area contributed by atoms with Gasteiger partial charge in [0.15, 0.2) is 0 Å². The number of hydrogen-bond acceptors (Lipinski definition) is 4. The van der Waals surface area contributed by atoms with E-state index in [1.54, 1.807) is 0 Å². The minimum Gasteiger partial charge on any atom is -0.354 e. The van der Waals surface area contributed by atoms with Gasteiger partial charge in [-0.3, -0.25) is 4.90 Å². The molecule has 1 aromatic rings. The van der Waals surface area contributed by atoms with Crippen LogP contribution in [0.4, 0.5) is 5.82 Å². The number of pyridine rings is 1. The number of rotatable bonds is 4. The van der Waals surface area contributed by atoms with Crippen LogP contribution in [0, 0.1) is 0 Å². The third-order valence-electron chi connectivity index (χ3n) is 3.55. The summed E-state index contributed by atoms with van der Waals surface area (Å²) in [5.74, 6) is 1.09. The number of nitrogens with two attached hydrogens (primary N) is 1. The molecule has 0 amide bonds. The van der Waals surface area contributed by atoms with E-state index < -0.39 is 0 Å². The molecule has 1 unspecified atom stereocenters. The Balaban J connectivity index is 1.90. The molecule has 17 heavy (non-hydrogen) atoms. The van der Waals surface area contributed by atoms with E-state index in [0.717, 1.165) is 45.0 Å². The van der Waals surface area contributed by atoms with Crippen LogP contribution < -0.4 is 10.6 Å². The Morgan fingerprint density at radius 3 is 2.59 bits per heavy atom. The molecular formula is C13H22N4. The van der Waals surface area contributed by atoms with Gasteiger partial charge >= 0.3 is 0 Å². The van der Waals surface area contributed by atoms with Crippen molar-refractivity contribution in [2.75, 3.05) is 37.6 Å². The SMILES string of the molecule is CCC(CN)N1CCN(c2ccccn2)CC1. The molecule has 2 N–H and O–H groups in total. The van der Waals surface area contributed by atoms with Gasteiger partial charge in [0.1, 0.15) is 5.82 Å². The zero-order chi connectivity index (χ0) is 12.1. The van der Waals surface area contributed by atoms with E-state index in [9.17, 15) is 0 Å². The van der Waals surface area contributed by atoms with Crippen LogP contribution in [0.2, 0.25) is 0 Å². The summed E-state index contributed by atoms with van der Waals surface area (Å²) in [5, 5.41) is 0. The third kappa shape index (κ3) is 2.96. The first-order valence-corrected chi connectivity index (χ1v) is 6.45. The van der Waals surface area contributed by atoms with Crippen molar-refractivity contribution in [3.8, 4) is 0 Å². The molecule has 94 valence electrons. The Kier molecular flexibility index (Phi) is 4.34. The molecule has 4 nitrogen and oxygen atoms in total.